The van der Waals surface area contributed by atoms with Crippen molar-refractivity contribution in [2.24, 2.45) is 17.4 Å². The fraction of sp³-hybridized carbons (Fsp3) is 0.500. The SMILES string of the molecule is CO/C(N)=C(/C=C(\N)c1cccc(OC2CCC(C(F)(F)F)CC2)n1)NSC. The van der Waals surface area contributed by atoms with Crippen molar-refractivity contribution in [1.82, 2.24) is 9.71 Å². The predicted octanol–water partition coefficient (Wildman–Crippen LogP) is 3.52. The minimum atomic E-state index is -4.14. The molecule has 0 bridgehead atoms. The molecule has 0 radical (unpaired) electrons. The number of rotatable bonds is 7. The van der Waals surface area contributed by atoms with Crippen LogP contribution in [0.2, 0.25) is 0 Å². The van der Waals surface area contributed by atoms with Crippen LogP contribution in [0.15, 0.2) is 35.9 Å². The van der Waals surface area contributed by atoms with Crippen molar-refractivity contribution in [3.8, 4) is 5.88 Å². The van der Waals surface area contributed by atoms with Gasteiger partial charge in [-0.1, -0.05) is 18.0 Å². The van der Waals surface area contributed by atoms with Gasteiger partial charge in [0.1, 0.15) is 11.8 Å². The molecule has 1 fully saturated rings. The maximum atomic E-state index is 12.8. The van der Waals surface area contributed by atoms with Gasteiger partial charge in [-0.2, -0.15) is 13.2 Å². The summed E-state index contributed by atoms with van der Waals surface area (Å²) < 4.78 is 52.1. The van der Waals surface area contributed by atoms with Crippen LogP contribution in [0.5, 0.6) is 5.88 Å². The fourth-order valence-electron chi connectivity index (χ4n) is 2.92. The highest BCUT2D eigenvalue weighted by Gasteiger charge is 2.41. The highest BCUT2D eigenvalue weighted by molar-refractivity contribution is 7.96. The van der Waals surface area contributed by atoms with Gasteiger partial charge >= 0.3 is 6.18 Å². The molecular weight excluding hydrogens is 393 g/mol. The Bertz CT molecular complexity index is 717. The summed E-state index contributed by atoms with van der Waals surface area (Å²) in [7, 11) is 1.45. The van der Waals surface area contributed by atoms with Crippen molar-refractivity contribution in [2.45, 2.75) is 38.0 Å². The molecule has 1 aromatic rings. The van der Waals surface area contributed by atoms with Gasteiger partial charge in [0, 0.05) is 12.3 Å². The van der Waals surface area contributed by atoms with Crippen LogP contribution in [0.3, 0.4) is 0 Å². The van der Waals surface area contributed by atoms with Crippen LogP contribution in [-0.4, -0.2) is 30.6 Å². The van der Waals surface area contributed by atoms with E-state index in [1.807, 2.05) is 6.26 Å². The Morgan fingerprint density at radius 3 is 2.50 bits per heavy atom. The van der Waals surface area contributed by atoms with Crippen molar-refractivity contribution < 1.29 is 22.6 Å². The van der Waals surface area contributed by atoms with Crippen molar-refractivity contribution >= 4 is 17.6 Å². The molecule has 1 aromatic heterocycles. The summed E-state index contributed by atoms with van der Waals surface area (Å²) in [6.07, 6.45) is -0.177. The maximum Gasteiger partial charge on any atom is 0.391 e. The number of methoxy groups -OCH3 is 1. The van der Waals surface area contributed by atoms with E-state index < -0.39 is 12.1 Å². The third-order valence-corrected chi connectivity index (χ3v) is 4.87. The molecule has 6 nitrogen and oxygen atoms in total. The topological polar surface area (TPSA) is 95.4 Å². The molecule has 0 aromatic carbocycles. The van der Waals surface area contributed by atoms with Crippen LogP contribution in [-0.2, 0) is 4.74 Å². The number of pyridine rings is 1. The number of allylic oxidation sites excluding steroid dienone is 1. The second kappa shape index (κ2) is 9.81. The van der Waals surface area contributed by atoms with Crippen LogP contribution >= 0.6 is 11.9 Å². The molecule has 0 aliphatic heterocycles. The molecule has 1 saturated carbocycles. The second-order valence-electron chi connectivity index (χ2n) is 6.38. The van der Waals surface area contributed by atoms with Gasteiger partial charge in [-0.05, 0) is 37.8 Å². The van der Waals surface area contributed by atoms with Crippen molar-refractivity contribution in [3.63, 3.8) is 0 Å². The Labute approximate surface area is 166 Å². The van der Waals surface area contributed by atoms with Gasteiger partial charge < -0.3 is 25.7 Å². The Morgan fingerprint density at radius 2 is 1.93 bits per heavy atom. The summed E-state index contributed by atoms with van der Waals surface area (Å²) in [6, 6.07) is 5.09. The van der Waals surface area contributed by atoms with Gasteiger partial charge in [-0.15, -0.1) is 0 Å². The zero-order valence-corrected chi connectivity index (χ0v) is 16.6. The first-order valence-electron chi connectivity index (χ1n) is 8.75. The molecular formula is C18H25F3N4O2S. The van der Waals surface area contributed by atoms with Crippen LogP contribution in [0, 0.1) is 5.92 Å². The van der Waals surface area contributed by atoms with Crippen molar-refractivity contribution in [1.29, 1.82) is 0 Å². The monoisotopic (exact) mass is 418 g/mol. The first-order chi connectivity index (χ1) is 13.2. The van der Waals surface area contributed by atoms with Crippen LogP contribution in [0.25, 0.3) is 5.70 Å². The summed E-state index contributed by atoms with van der Waals surface area (Å²) >= 11 is 1.33. The smallest absolute Gasteiger partial charge is 0.391 e. The van der Waals surface area contributed by atoms with E-state index in [1.165, 1.54) is 19.1 Å². The summed E-state index contributed by atoms with van der Waals surface area (Å²) in [6.45, 7) is 0. The molecule has 0 atom stereocenters. The van der Waals surface area contributed by atoms with Gasteiger partial charge in [-0.25, -0.2) is 4.98 Å². The van der Waals surface area contributed by atoms with Crippen LogP contribution in [0.1, 0.15) is 31.4 Å². The van der Waals surface area contributed by atoms with Crippen LogP contribution in [0.4, 0.5) is 13.2 Å². The largest absolute Gasteiger partial charge is 0.481 e. The number of hydrogen-bond acceptors (Lipinski definition) is 7. The molecule has 156 valence electrons. The average molecular weight is 418 g/mol. The molecule has 1 aliphatic carbocycles. The summed E-state index contributed by atoms with van der Waals surface area (Å²) in [5.41, 5.74) is 13.2. The first-order valence-corrected chi connectivity index (χ1v) is 9.97. The van der Waals surface area contributed by atoms with Crippen LogP contribution < -0.4 is 20.9 Å². The normalized spacial score (nSPS) is 21.7. The lowest BCUT2D eigenvalue weighted by Gasteiger charge is -2.29. The maximum absolute atomic E-state index is 12.8. The Hall–Kier alpha value is -2.23. The molecule has 1 heterocycles. The van der Waals surface area contributed by atoms with E-state index in [1.54, 1.807) is 24.3 Å². The summed E-state index contributed by atoms with van der Waals surface area (Å²) in [5, 5.41) is 0. The quantitative estimate of drug-likeness (QED) is 0.354. The molecule has 5 N–H and O–H groups in total. The van der Waals surface area contributed by atoms with Gasteiger partial charge in [0.15, 0.2) is 0 Å². The highest BCUT2D eigenvalue weighted by atomic mass is 32.2. The second-order valence-corrected chi connectivity index (χ2v) is 6.99. The molecule has 0 spiro atoms. The zero-order chi connectivity index (χ0) is 20.7. The Kier molecular flexibility index (Phi) is 7.73. The lowest BCUT2D eigenvalue weighted by molar-refractivity contribution is -0.185. The van der Waals surface area contributed by atoms with E-state index in [4.69, 9.17) is 20.9 Å². The van der Waals surface area contributed by atoms with Crippen molar-refractivity contribution in [2.75, 3.05) is 13.4 Å². The number of nitrogens with zero attached hydrogens (tertiary/aromatic N) is 1. The number of hydrogen-bond donors (Lipinski definition) is 3. The van der Waals surface area contributed by atoms with E-state index in [2.05, 4.69) is 9.71 Å². The standard InChI is InChI=1S/C18H25F3N4O2S/c1-26-17(23)15(25-28-2)10-13(22)14-4-3-5-16(24-14)27-12-8-6-11(7-9-12)18(19,20)21/h3-5,10-12,25H,6-9,22-23H2,1-2H3/b13-10-,17-15-. The van der Waals surface area contributed by atoms with E-state index in [-0.39, 0.29) is 24.8 Å². The highest BCUT2D eigenvalue weighted by Crippen LogP contribution is 2.38. The molecule has 28 heavy (non-hydrogen) atoms. The molecule has 0 saturated heterocycles. The lowest BCUT2D eigenvalue weighted by atomic mass is 9.87. The molecule has 0 amide bonds. The first kappa shape index (κ1) is 22.1. The molecule has 0 unspecified atom stereocenters. The minimum absolute atomic E-state index is 0.0701. The number of halogens is 3. The summed E-state index contributed by atoms with van der Waals surface area (Å²) in [4.78, 5) is 4.36. The fourth-order valence-corrected chi connectivity index (χ4v) is 3.30. The number of ether oxygens (including phenoxy) is 2. The molecule has 10 heteroatoms. The Balaban J connectivity index is 2.07. The zero-order valence-electron chi connectivity index (χ0n) is 15.8. The van der Waals surface area contributed by atoms with Gasteiger partial charge in [0.2, 0.25) is 11.8 Å². The third kappa shape index (κ3) is 6.15. The van der Waals surface area contributed by atoms with Gasteiger partial charge in [0.25, 0.3) is 0 Å². The van der Waals surface area contributed by atoms with E-state index in [9.17, 15) is 13.2 Å². The number of aromatic nitrogens is 1. The van der Waals surface area contributed by atoms with Crippen molar-refractivity contribution in [3.05, 3.63) is 41.5 Å². The number of nitrogens with one attached hydrogen (secondary N) is 1. The number of alkyl halides is 3. The van der Waals surface area contributed by atoms with E-state index in [0.29, 0.717) is 35.8 Å². The van der Waals surface area contributed by atoms with E-state index in [0.717, 1.165) is 0 Å². The van der Waals surface area contributed by atoms with Gasteiger partial charge in [-0.3, -0.25) is 0 Å². The third-order valence-electron chi connectivity index (χ3n) is 4.44. The lowest BCUT2D eigenvalue weighted by Crippen LogP contribution is -2.32. The summed E-state index contributed by atoms with van der Waals surface area (Å²) in [5.74, 6) is -0.746. The predicted molar refractivity (Wildman–Crippen MR) is 104 cm³/mol. The molecule has 2 rings (SSSR count). The molecule has 1 aliphatic rings. The van der Waals surface area contributed by atoms with Gasteiger partial charge in [0.05, 0.1) is 24.4 Å². The van der Waals surface area contributed by atoms with E-state index >= 15 is 0 Å². The number of nitrogens with two attached hydrogens (primary N) is 2. The average Bonchev–Trinajstić information content (AvgIpc) is 2.67. The Morgan fingerprint density at radius 1 is 1.25 bits per heavy atom. The minimum Gasteiger partial charge on any atom is -0.481 e.